The SMILES string of the molecule is N#Cc1ccc(COC(=O)COc2ccc([N+](=O)[O-])cc2)cc1. The Labute approximate surface area is 131 Å². The molecule has 0 aromatic heterocycles. The van der Waals surface area contributed by atoms with E-state index in [9.17, 15) is 14.9 Å². The van der Waals surface area contributed by atoms with Crippen LogP contribution in [0.15, 0.2) is 48.5 Å². The third-order valence-corrected chi connectivity index (χ3v) is 2.89. The highest BCUT2D eigenvalue weighted by atomic mass is 16.6. The Bertz CT molecular complexity index is 733. The second-order valence-electron chi connectivity index (χ2n) is 4.51. The molecule has 0 aliphatic heterocycles. The van der Waals surface area contributed by atoms with Gasteiger partial charge >= 0.3 is 5.97 Å². The molecule has 0 spiro atoms. The van der Waals surface area contributed by atoms with Crippen molar-refractivity contribution in [1.29, 1.82) is 5.26 Å². The van der Waals surface area contributed by atoms with Crippen LogP contribution in [0.25, 0.3) is 0 Å². The molecule has 0 amide bonds. The normalized spacial score (nSPS) is 9.70. The molecule has 0 saturated carbocycles. The fourth-order valence-corrected chi connectivity index (χ4v) is 1.69. The first-order valence-electron chi connectivity index (χ1n) is 6.60. The second kappa shape index (κ2) is 7.56. The lowest BCUT2D eigenvalue weighted by Crippen LogP contribution is -2.14. The third kappa shape index (κ3) is 4.82. The average molecular weight is 312 g/mol. The zero-order valence-corrected chi connectivity index (χ0v) is 12.0. The molecule has 7 heteroatoms. The summed E-state index contributed by atoms with van der Waals surface area (Å²) in [6.07, 6.45) is 0. The minimum Gasteiger partial charge on any atom is -0.482 e. The molecule has 2 aromatic rings. The standard InChI is InChI=1S/C16H12N2O5/c17-9-12-1-3-13(4-2-12)10-23-16(19)11-22-15-7-5-14(6-8-15)18(20)21/h1-8H,10-11H2. The highest BCUT2D eigenvalue weighted by Gasteiger charge is 2.07. The predicted molar refractivity (Wildman–Crippen MR) is 79.5 cm³/mol. The molecule has 0 saturated heterocycles. The summed E-state index contributed by atoms with van der Waals surface area (Å²) >= 11 is 0. The Hall–Kier alpha value is -3.40. The highest BCUT2D eigenvalue weighted by Crippen LogP contribution is 2.17. The lowest BCUT2D eigenvalue weighted by Gasteiger charge is -2.07. The van der Waals surface area contributed by atoms with Crippen molar-refractivity contribution in [2.75, 3.05) is 6.61 Å². The van der Waals surface area contributed by atoms with Gasteiger partial charge in [0.2, 0.25) is 0 Å². The second-order valence-corrected chi connectivity index (χ2v) is 4.51. The van der Waals surface area contributed by atoms with Crippen LogP contribution in [0, 0.1) is 21.4 Å². The van der Waals surface area contributed by atoms with E-state index < -0.39 is 10.9 Å². The summed E-state index contributed by atoms with van der Waals surface area (Å²) in [7, 11) is 0. The Morgan fingerprint density at radius 2 is 1.78 bits per heavy atom. The lowest BCUT2D eigenvalue weighted by atomic mass is 10.2. The summed E-state index contributed by atoms with van der Waals surface area (Å²) in [5.41, 5.74) is 1.23. The zero-order valence-electron chi connectivity index (χ0n) is 12.0. The Kier molecular flexibility index (Phi) is 5.25. The van der Waals surface area contributed by atoms with E-state index in [0.29, 0.717) is 11.3 Å². The molecule has 0 fully saturated rings. The first-order valence-corrected chi connectivity index (χ1v) is 6.60. The molecule has 2 aromatic carbocycles. The molecule has 0 heterocycles. The largest absolute Gasteiger partial charge is 0.482 e. The number of carbonyl (C=O) groups excluding carboxylic acids is 1. The van der Waals surface area contributed by atoms with E-state index in [0.717, 1.165) is 5.56 Å². The molecule has 0 N–H and O–H groups in total. The van der Waals surface area contributed by atoms with Crippen molar-refractivity contribution >= 4 is 11.7 Å². The third-order valence-electron chi connectivity index (χ3n) is 2.89. The minimum atomic E-state index is -0.562. The van der Waals surface area contributed by atoms with Gasteiger partial charge in [-0.1, -0.05) is 12.1 Å². The van der Waals surface area contributed by atoms with Crippen molar-refractivity contribution in [2.45, 2.75) is 6.61 Å². The number of benzene rings is 2. The van der Waals surface area contributed by atoms with Gasteiger partial charge in [0.25, 0.3) is 5.69 Å². The number of non-ortho nitro benzene ring substituents is 1. The fraction of sp³-hybridized carbons (Fsp3) is 0.125. The van der Waals surface area contributed by atoms with E-state index in [4.69, 9.17) is 14.7 Å². The van der Waals surface area contributed by atoms with Crippen molar-refractivity contribution in [3.8, 4) is 11.8 Å². The quantitative estimate of drug-likeness (QED) is 0.461. The van der Waals surface area contributed by atoms with Gasteiger partial charge in [0.15, 0.2) is 6.61 Å². The van der Waals surface area contributed by atoms with Gasteiger partial charge in [-0.25, -0.2) is 4.79 Å². The van der Waals surface area contributed by atoms with Gasteiger partial charge in [-0.15, -0.1) is 0 Å². The molecular formula is C16H12N2O5. The monoisotopic (exact) mass is 312 g/mol. The molecule has 0 bridgehead atoms. The van der Waals surface area contributed by atoms with Crippen LogP contribution in [0.5, 0.6) is 5.75 Å². The maximum Gasteiger partial charge on any atom is 0.344 e. The van der Waals surface area contributed by atoms with Crippen LogP contribution >= 0.6 is 0 Å². The summed E-state index contributed by atoms with van der Waals surface area (Å²) in [4.78, 5) is 21.6. The average Bonchev–Trinajstić information content (AvgIpc) is 2.59. The molecule has 0 aliphatic rings. The van der Waals surface area contributed by atoms with E-state index in [-0.39, 0.29) is 18.9 Å². The van der Waals surface area contributed by atoms with Crippen LogP contribution in [-0.4, -0.2) is 17.5 Å². The molecule has 2 rings (SSSR count). The van der Waals surface area contributed by atoms with E-state index in [1.807, 2.05) is 6.07 Å². The van der Waals surface area contributed by atoms with Crippen LogP contribution in [0.1, 0.15) is 11.1 Å². The van der Waals surface area contributed by atoms with E-state index in [1.54, 1.807) is 24.3 Å². The lowest BCUT2D eigenvalue weighted by molar-refractivity contribution is -0.384. The van der Waals surface area contributed by atoms with Crippen molar-refractivity contribution in [1.82, 2.24) is 0 Å². The van der Waals surface area contributed by atoms with Gasteiger partial charge in [-0.3, -0.25) is 10.1 Å². The van der Waals surface area contributed by atoms with E-state index in [1.165, 1.54) is 24.3 Å². The number of ether oxygens (including phenoxy) is 2. The number of nitrogens with zero attached hydrogens (tertiary/aromatic N) is 2. The predicted octanol–water partition coefficient (Wildman–Crippen LogP) is 2.59. The van der Waals surface area contributed by atoms with Crippen molar-refractivity contribution in [3.63, 3.8) is 0 Å². The van der Waals surface area contributed by atoms with E-state index >= 15 is 0 Å². The fourth-order valence-electron chi connectivity index (χ4n) is 1.69. The molecule has 0 unspecified atom stereocenters. The number of esters is 1. The highest BCUT2D eigenvalue weighted by molar-refractivity contribution is 5.71. The smallest absolute Gasteiger partial charge is 0.344 e. The molecule has 116 valence electrons. The number of hydrogen-bond acceptors (Lipinski definition) is 6. The maximum atomic E-state index is 11.6. The van der Waals surface area contributed by atoms with Gasteiger partial charge in [-0.2, -0.15) is 5.26 Å². The first-order chi connectivity index (χ1) is 11.1. The topological polar surface area (TPSA) is 102 Å². The number of hydrogen-bond donors (Lipinski definition) is 0. The van der Waals surface area contributed by atoms with Gasteiger partial charge in [0, 0.05) is 12.1 Å². The van der Waals surface area contributed by atoms with Crippen LogP contribution < -0.4 is 4.74 Å². The van der Waals surface area contributed by atoms with Crippen LogP contribution in [0.2, 0.25) is 0 Å². The summed E-state index contributed by atoms with van der Waals surface area (Å²) in [6.45, 7) is -0.220. The number of nitro groups is 1. The van der Waals surface area contributed by atoms with Crippen LogP contribution in [0.4, 0.5) is 5.69 Å². The molecule has 7 nitrogen and oxygen atoms in total. The minimum absolute atomic E-state index is 0.0549. The van der Waals surface area contributed by atoms with E-state index in [2.05, 4.69) is 0 Å². The number of nitro benzene ring substituents is 1. The molecular weight excluding hydrogens is 300 g/mol. The van der Waals surface area contributed by atoms with Crippen LogP contribution in [0.3, 0.4) is 0 Å². The van der Waals surface area contributed by atoms with Crippen molar-refractivity contribution < 1.29 is 19.2 Å². The Balaban J connectivity index is 1.78. The summed E-state index contributed by atoms with van der Waals surface area (Å²) in [5.74, 6) is -0.223. The summed E-state index contributed by atoms with van der Waals surface area (Å²) < 4.78 is 10.2. The molecule has 0 aliphatic carbocycles. The first kappa shape index (κ1) is 16.0. The molecule has 0 atom stereocenters. The maximum absolute atomic E-state index is 11.6. The summed E-state index contributed by atoms with van der Waals surface area (Å²) in [6, 6.07) is 14.1. The number of nitriles is 1. The van der Waals surface area contributed by atoms with Gasteiger partial charge in [-0.05, 0) is 29.8 Å². The zero-order chi connectivity index (χ0) is 16.7. The van der Waals surface area contributed by atoms with Crippen molar-refractivity contribution in [2.24, 2.45) is 0 Å². The Morgan fingerprint density at radius 3 is 2.35 bits per heavy atom. The van der Waals surface area contributed by atoms with Gasteiger partial charge in [0.1, 0.15) is 12.4 Å². The van der Waals surface area contributed by atoms with Crippen molar-refractivity contribution in [3.05, 3.63) is 69.8 Å². The molecule has 0 radical (unpaired) electrons. The van der Waals surface area contributed by atoms with Gasteiger partial charge < -0.3 is 9.47 Å². The number of carbonyl (C=O) groups is 1. The van der Waals surface area contributed by atoms with Crippen LogP contribution in [-0.2, 0) is 16.1 Å². The molecule has 23 heavy (non-hydrogen) atoms. The van der Waals surface area contributed by atoms with Gasteiger partial charge in [0.05, 0.1) is 16.6 Å². The number of rotatable bonds is 6. The summed E-state index contributed by atoms with van der Waals surface area (Å²) in [5, 5.41) is 19.2. The Morgan fingerprint density at radius 1 is 1.13 bits per heavy atom.